The highest BCUT2D eigenvalue weighted by atomic mass is 16.5. The third-order valence-electron chi connectivity index (χ3n) is 3.87. The van der Waals surface area contributed by atoms with Crippen molar-refractivity contribution in [2.45, 2.75) is 26.1 Å². The average molecular weight is 284 g/mol. The van der Waals surface area contributed by atoms with E-state index in [1.54, 1.807) is 0 Å². The minimum absolute atomic E-state index is 0.0148. The van der Waals surface area contributed by atoms with Crippen LogP contribution < -0.4 is 4.74 Å². The van der Waals surface area contributed by atoms with Crippen molar-refractivity contribution in [3.05, 3.63) is 64.7 Å². The number of aliphatic hydroxyl groups is 1. The van der Waals surface area contributed by atoms with E-state index >= 15 is 0 Å². The quantitative estimate of drug-likeness (QED) is 0.937. The second kappa shape index (κ2) is 6.29. The summed E-state index contributed by atoms with van der Waals surface area (Å²) in [5, 5.41) is 9.43. The molecule has 0 spiro atoms. The van der Waals surface area contributed by atoms with Gasteiger partial charge in [0.25, 0.3) is 0 Å². The van der Waals surface area contributed by atoms with Gasteiger partial charge >= 0.3 is 0 Å². The molecule has 1 aliphatic rings. The molecule has 0 saturated carbocycles. The fourth-order valence-corrected chi connectivity index (χ4v) is 2.75. The van der Waals surface area contributed by atoms with Crippen molar-refractivity contribution in [3.8, 4) is 5.75 Å². The third-order valence-corrected chi connectivity index (χ3v) is 3.87. The molecule has 2 aromatic rings. The molecule has 1 N–H and O–H groups in total. The Bertz CT molecular complexity index is 622. The van der Waals surface area contributed by atoms with Crippen LogP contribution in [0.4, 0.5) is 0 Å². The van der Waals surface area contributed by atoms with Crippen molar-refractivity contribution in [2.75, 3.05) is 13.2 Å². The number of ether oxygens (including phenoxy) is 2. The fourth-order valence-electron chi connectivity index (χ4n) is 2.75. The summed E-state index contributed by atoms with van der Waals surface area (Å²) in [5.74, 6) is 0.731. The Morgan fingerprint density at radius 1 is 1.24 bits per heavy atom. The number of hydrogen-bond acceptors (Lipinski definition) is 3. The van der Waals surface area contributed by atoms with E-state index in [9.17, 15) is 5.11 Å². The van der Waals surface area contributed by atoms with Crippen LogP contribution in [0.3, 0.4) is 0 Å². The Morgan fingerprint density at radius 3 is 2.95 bits per heavy atom. The maximum Gasteiger partial charge on any atom is 0.124 e. The number of aryl methyl sites for hydroxylation is 1. The Kier molecular flexibility index (Phi) is 4.23. The molecule has 1 aliphatic heterocycles. The zero-order valence-electron chi connectivity index (χ0n) is 12.2. The van der Waals surface area contributed by atoms with Gasteiger partial charge in [0.1, 0.15) is 18.5 Å². The highest BCUT2D eigenvalue weighted by Gasteiger charge is 2.21. The summed E-state index contributed by atoms with van der Waals surface area (Å²) >= 11 is 0. The van der Waals surface area contributed by atoms with E-state index in [1.165, 1.54) is 11.1 Å². The molecule has 3 nitrogen and oxygen atoms in total. The summed E-state index contributed by atoms with van der Waals surface area (Å²) < 4.78 is 11.7. The van der Waals surface area contributed by atoms with Crippen LogP contribution in [0, 0.1) is 6.92 Å². The van der Waals surface area contributed by atoms with Crippen molar-refractivity contribution >= 4 is 0 Å². The van der Waals surface area contributed by atoms with Crippen LogP contribution in [-0.4, -0.2) is 18.3 Å². The lowest BCUT2D eigenvalue weighted by Gasteiger charge is -2.26. The molecular formula is C18H20O3. The molecule has 0 amide bonds. The van der Waals surface area contributed by atoms with Crippen LogP contribution >= 0.6 is 0 Å². The zero-order valence-corrected chi connectivity index (χ0v) is 12.2. The Labute approximate surface area is 125 Å². The Morgan fingerprint density at radius 2 is 2.10 bits per heavy atom. The van der Waals surface area contributed by atoms with Crippen LogP contribution in [-0.2, 0) is 17.8 Å². The smallest absolute Gasteiger partial charge is 0.124 e. The van der Waals surface area contributed by atoms with Gasteiger partial charge in [-0.05, 0) is 30.5 Å². The highest BCUT2D eigenvalue weighted by Crippen LogP contribution is 2.28. The second-order valence-corrected chi connectivity index (χ2v) is 5.39. The molecule has 0 radical (unpaired) electrons. The number of aliphatic hydroxyl groups excluding tert-OH is 1. The van der Waals surface area contributed by atoms with Crippen LogP contribution in [0.5, 0.6) is 5.75 Å². The van der Waals surface area contributed by atoms with Crippen molar-refractivity contribution in [1.29, 1.82) is 0 Å². The first kappa shape index (κ1) is 14.1. The van der Waals surface area contributed by atoms with E-state index < -0.39 is 0 Å². The molecule has 0 fully saturated rings. The molecule has 2 aromatic carbocycles. The summed E-state index contributed by atoms with van der Waals surface area (Å²) in [6.45, 7) is 3.18. The SMILES string of the molecule is Cc1ccc(OCC2OCCc3ccccc32)c(CO)c1. The van der Waals surface area contributed by atoms with Crippen LogP contribution in [0.1, 0.15) is 28.4 Å². The molecule has 0 aliphatic carbocycles. The molecule has 3 rings (SSSR count). The fraction of sp³-hybridized carbons (Fsp3) is 0.333. The number of hydrogen-bond donors (Lipinski definition) is 1. The first-order chi connectivity index (χ1) is 10.3. The van der Waals surface area contributed by atoms with Gasteiger partial charge in [-0.2, -0.15) is 0 Å². The lowest BCUT2D eigenvalue weighted by atomic mass is 9.98. The molecule has 1 atom stereocenters. The van der Waals surface area contributed by atoms with E-state index in [0.717, 1.165) is 29.9 Å². The largest absolute Gasteiger partial charge is 0.490 e. The van der Waals surface area contributed by atoms with Gasteiger partial charge in [0, 0.05) is 5.56 Å². The van der Waals surface area contributed by atoms with E-state index in [2.05, 4.69) is 18.2 Å². The number of rotatable bonds is 4. The van der Waals surface area contributed by atoms with Crippen molar-refractivity contribution in [2.24, 2.45) is 0 Å². The third kappa shape index (κ3) is 3.09. The van der Waals surface area contributed by atoms with Gasteiger partial charge in [0.2, 0.25) is 0 Å². The first-order valence-corrected chi connectivity index (χ1v) is 7.30. The average Bonchev–Trinajstić information content (AvgIpc) is 2.53. The number of fused-ring (bicyclic) bond motifs is 1. The summed E-state index contributed by atoms with van der Waals surface area (Å²) in [7, 11) is 0. The lowest BCUT2D eigenvalue weighted by Crippen LogP contribution is -2.21. The maximum atomic E-state index is 9.43. The summed E-state index contributed by atoms with van der Waals surface area (Å²) in [6.07, 6.45) is 0.918. The van der Waals surface area contributed by atoms with Crippen molar-refractivity contribution in [1.82, 2.24) is 0 Å². The van der Waals surface area contributed by atoms with Gasteiger partial charge in [-0.15, -0.1) is 0 Å². The van der Waals surface area contributed by atoms with E-state index in [4.69, 9.17) is 9.47 Å². The summed E-state index contributed by atoms with van der Waals surface area (Å²) in [5.41, 5.74) is 4.48. The molecule has 0 aromatic heterocycles. The zero-order chi connectivity index (χ0) is 14.7. The van der Waals surface area contributed by atoms with E-state index in [1.807, 2.05) is 31.2 Å². The van der Waals surface area contributed by atoms with Gasteiger partial charge in [0.15, 0.2) is 0 Å². The predicted octanol–water partition coefficient (Wildman–Crippen LogP) is 3.18. The monoisotopic (exact) mass is 284 g/mol. The molecule has 0 saturated heterocycles. The van der Waals surface area contributed by atoms with Gasteiger partial charge in [-0.1, -0.05) is 42.0 Å². The molecular weight excluding hydrogens is 264 g/mol. The topological polar surface area (TPSA) is 38.7 Å². The van der Waals surface area contributed by atoms with Gasteiger partial charge in [-0.3, -0.25) is 0 Å². The molecule has 21 heavy (non-hydrogen) atoms. The lowest BCUT2D eigenvalue weighted by molar-refractivity contribution is 0.00974. The van der Waals surface area contributed by atoms with Crippen molar-refractivity contribution in [3.63, 3.8) is 0 Å². The molecule has 1 heterocycles. The minimum Gasteiger partial charge on any atom is -0.490 e. The second-order valence-electron chi connectivity index (χ2n) is 5.39. The first-order valence-electron chi connectivity index (χ1n) is 7.30. The van der Waals surface area contributed by atoms with Gasteiger partial charge in [0.05, 0.1) is 13.2 Å². The van der Waals surface area contributed by atoms with E-state index in [0.29, 0.717) is 6.61 Å². The van der Waals surface area contributed by atoms with Gasteiger partial charge in [-0.25, -0.2) is 0 Å². The highest BCUT2D eigenvalue weighted by molar-refractivity contribution is 5.37. The Hall–Kier alpha value is -1.84. The van der Waals surface area contributed by atoms with Crippen LogP contribution in [0.2, 0.25) is 0 Å². The molecule has 0 bridgehead atoms. The van der Waals surface area contributed by atoms with Crippen LogP contribution in [0.25, 0.3) is 0 Å². The van der Waals surface area contributed by atoms with Crippen molar-refractivity contribution < 1.29 is 14.6 Å². The standard InChI is InChI=1S/C18H20O3/c1-13-6-7-17(15(10-13)11-19)21-12-18-16-5-3-2-4-14(16)8-9-20-18/h2-7,10,18-19H,8-9,11-12H2,1H3. The number of benzene rings is 2. The molecule has 1 unspecified atom stereocenters. The van der Waals surface area contributed by atoms with Crippen LogP contribution in [0.15, 0.2) is 42.5 Å². The molecule has 3 heteroatoms. The van der Waals surface area contributed by atoms with Gasteiger partial charge < -0.3 is 14.6 Å². The van der Waals surface area contributed by atoms with E-state index in [-0.39, 0.29) is 12.7 Å². The maximum absolute atomic E-state index is 9.43. The predicted molar refractivity (Wildman–Crippen MR) is 81.4 cm³/mol. The molecule has 110 valence electrons. The normalized spacial score (nSPS) is 17.3. The summed E-state index contributed by atoms with van der Waals surface area (Å²) in [6, 6.07) is 14.2. The summed E-state index contributed by atoms with van der Waals surface area (Å²) in [4.78, 5) is 0. The minimum atomic E-state index is -0.0391. The Balaban J connectivity index is 1.74.